The molecule has 0 bridgehead atoms. The minimum Gasteiger partial charge on any atom is -0.493 e. The summed E-state index contributed by atoms with van der Waals surface area (Å²) in [7, 11) is 0. The minimum absolute atomic E-state index is 0.558. The lowest BCUT2D eigenvalue weighted by Gasteiger charge is -2.38. The van der Waals surface area contributed by atoms with Gasteiger partial charge in [0.25, 0.3) is 0 Å². The van der Waals surface area contributed by atoms with Gasteiger partial charge in [-0.1, -0.05) is 25.1 Å². The molecule has 3 nitrogen and oxygen atoms in total. The molecule has 1 N–H and O–H groups in total. The summed E-state index contributed by atoms with van der Waals surface area (Å²) in [6.07, 6.45) is 4.68. The average molecular weight is 289 g/mol. The maximum Gasteiger partial charge on any atom is 0.122 e. The summed E-state index contributed by atoms with van der Waals surface area (Å²) >= 11 is 0. The molecule has 1 aromatic rings. The van der Waals surface area contributed by atoms with Crippen LogP contribution in [0, 0.1) is 11.8 Å². The standard InChI is InChI=1S/C18H27NO2/c1-2-9-19-18(14-7-10-20-11-8-14)16-12-15-5-3-4-6-17(15)21-13-16/h3-6,14,16,18-19H,2,7-13H2,1H3. The Morgan fingerprint density at radius 1 is 1.19 bits per heavy atom. The first-order valence-electron chi connectivity index (χ1n) is 8.40. The highest BCUT2D eigenvalue weighted by molar-refractivity contribution is 5.35. The molecule has 0 spiro atoms. The topological polar surface area (TPSA) is 30.5 Å². The molecule has 2 aliphatic heterocycles. The van der Waals surface area contributed by atoms with Crippen LogP contribution in [-0.2, 0) is 11.2 Å². The number of benzene rings is 1. The van der Waals surface area contributed by atoms with Crippen molar-refractivity contribution in [1.82, 2.24) is 5.32 Å². The van der Waals surface area contributed by atoms with Crippen molar-refractivity contribution in [2.45, 2.75) is 38.6 Å². The molecular formula is C18H27NO2. The fourth-order valence-electron chi connectivity index (χ4n) is 3.69. The quantitative estimate of drug-likeness (QED) is 0.904. The first kappa shape index (κ1) is 14.9. The lowest BCUT2D eigenvalue weighted by Crippen LogP contribution is -2.48. The van der Waals surface area contributed by atoms with Crippen molar-refractivity contribution in [2.24, 2.45) is 11.8 Å². The Morgan fingerprint density at radius 3 is 2.81 bits per heavy atom. The van der Waals surface area contributed by atoms with Gasteiger partial charge in [0.1, 0.15) is 5.75 Å². The van der Waals surface area contributed by atoms with Crippen molar-refractivity contribution >= 4 is 0 Å². The Labute approximate surface area is 128 Å². The van der Waals surface area contributed by atoms with E-state index in [1.807, 2.05) is 0 Å². The Morgan fingerprint density at radius 2 is 2.00 bits per heavy atom. The molecule has 2 atom stereocenters. The number of nitrogens with one attached hydrogen (secondary N) is 1. The van der Waals surface area contributed by atoms with Crippen LogP contribution < -0.4 is 10.1 Å². The van der Waals surface area contributed by atoms with Crippen molar-refractivity contribution in [3.8, 4) is 5.75 Å². The zero-order valence-corrected chi connectivity index (χ0v) is 13.0. The zero-order chi connectivity index (χ0) is 14.5. The van der Waals surface area contributed by atoms with Crippen LogP contribution in [0.2, 0.25) is 0 Å². The predicted octanol–water partition coefficient (Wildman–Crippen LogP) is 3.03. The smallest absolute Gasteiger partial charge is 0.122 e. The van der Waals surface area contributed by atoms with E-state index in [0.29, 0.717) is 12.0 Å². The largest absolute Gasteiger partial charge is 0.493 e. The van der Waals surface area contributed by atoms with Crippen LogP contribution in [0.5, 0.6) is 5.75 Å². The van der Waals surface area contributed by atoms with Gasteiger partial charge in [-0.05, 0) is 49.8 Å². The van der Waals surface area contributed by atoms with Gasteiger partial charge >= 0.3 is 0 Å². The van der Waals surface area contributed by atoms with Crippen LogP contribution in [0.1, 0.15) is 31.7 Å². The number of ether oxygens (including phenoxy) is 2. The van der Waals surface area contributed by atoms with E-state index >= 15 is 0 Å². The molecule has 0 radical (unpaired) electrons. The number of rotatable bonds is 5. The van der Waals surface area contributed by atoms with E-state index < -0.39 is 0 Å². The molecule has 21 heavy (non-hydrogen) atoms. The van der Waals surface area contributed by atoms with Gasteiger partial charge < -0.3 is 14.8 Å². The van der Waals surface area contributed by atoms with Crippen molar-refractivity contribution < 1.29 is 9.47 Å². The third-order valence-corrected chi connectivity index (χ3v) is 4.82. The second kappa shape index (κ2) is 7.28. The molecule has 116 valence electrons. The molecule has 2 aliphatic rings. The molecule has 2 unspecified atom stereocenters. The molecule has 0 amide bonds. The number of hydrogen-bond donors (Lipinski definition) is 1. The van der Waals surface area contributed by atoms with Crippen molar-refractivity contribution in [3.05, 3.63) is 29.8 Å². The molecular weight excluding hydrogens is 262 g/mol. The molecule has 2 heterocycles. The van der Waals surface area contributed by atoms with Gasteiger partial charge in [0.2, 0.25) is 0 Å². The van der Waals surface area contributed by atoms with Crippen LogP contribution >= 0.6 is 0 Å². The molecule has 0 saturated carbocycles. The van der Waals surface area contributed by atoms with Gasteiger partial charge in [-0.25, -0.2) is 0 Å². The summed E-state index contributed by atoms with van der Waals surface area (Å²) in [5, 5.41) is 3.80. The molecule has 3 rings (SSSR count). The van der Waals surface area contributed by atoms with Crippen molar-refractivity contribution in [1.29, 1.82) is 0 Å². The maximum absolute atomic E-state index is 6.02. The number of hydrogen-bond acceptors (Lipinski definition) is 3. The Kier molecular flexibility index (Phi) is 5.15. The van der Waals surface area contributed by atoms with Crippen LogP contribution in [0.25, 0.3) is 0 Å². The maximum atomic E-state index is 6.02. The van der Waals surface area contributed by atoms with Gasteiger partial charge in [0.05, 0.1) is 6.61 Å². The van der Waals surface area contributed by atoms with Gasteiger partial charge in [-0.15, -0.1) is 0 Å². The van der Waals surface area contributed by atoms with E-state index in [9.17, 15) is 0 Å². The van der Waals surface area contributed by atoms with E-state index in [1.54, 1.807) is 0 Å². The monoisotopic (exact) mass is 289 g/mol. The van der Waals surface area contributed by atoms with E-state index in [1.165, 1.54) is 24.8 Å². The van der Waals surface area contributed by atoms with E-state index in [4.69, 9.17) is 9.47 Å². The van der Waals surface area contributed by atoms with E-state index in [2.05, 4.69) is 36.5 Å². The lowest BCUT2D eigenvalue weighted by atomic mass is 9.80. The SMILES string of the molecule is CCCNC(C1CCOCC1)C1COc2ccccc2C1. The minimum atomic E-state index is 0.558. The second-order valence-corrected chi connectivity index (χ2v) is 6.31. The molecule has 1 saturated heterocycles. The number of fused-ring (bicyclic) bond motifs is 1. The summed E-state index contributed by atoms with van der Waals surface area (Å²) in [6.45, 7) is 6.01. The third kappa shape index (κ3) is 3.58. The lowest BCUT2D eigenvalue weighted by molar-refractivity contribution is 0.0366. The first-order valence-corrected chi connectivity index (χ1v) is 8.40. The Hall–Kier alpha value is -1.06. The van der Waals surface area contributed by atoms with Crippen LogP contribution in [0.15, 0.2) is 24.3 Å². The summed E-state index contributed by atoms with van der Waals surface area (Å²) < 4.78 is 11.6. The van der Waals surface area contributed by atoms with E-state index in [-0.39, 0.29) is 0 Å². The second-order valence-electron chi connectivity index (χ2n) is 6.31. The van der Waals surface area contributed by atoms with Gasteiger partial charge in [0, 0.05) is 25.2 Å². The highest BCUT2D eigenvalue weighted by Gasteiger charge is 2.33. The zero-order valence-electron chi connectivity index (χ0n) is 13.0. The molecule has 1 fully saturated rings. The summed E-state index contributed by atoms with van der Waals surface area (Å²) in [6, 6.07) is 9.04. The summed E-state index contributed by atoms with van der Waals surface area (Å²) in [5.74, 6) is 2.38. The van der Waals surface area contributed by atoms with Crippen LogP contribution in [0.4, 0.5) is 0 Å². The van der Waals surface area contributed by atoms with Crippen LogP contribution in [-0.4, -0.2) is 32.4 Å². The molecule has 0 aliphatic carbocycles. The molecule has 1 aromatic carbocycles. The summed E-state index contributed by atoms with van der Waals surface area (Å²) in [5.41, 5.74) is 1.36. The van der Waals surface area contributed by atoms with Crippen molar-refractivity contribution in [3.63, 3.8) is 0 Å². The van der Waals surface area contributed by atoms with Crippen molar-refractivity contribution in [2.75, 3.05) is 26.4 Å². The predicted molar refractivity (Wildman–Crippen MR) is 84.8 cm³/mol. The highest BCUT2D eigenvalue weighted by Crippen LogP contribution is 2.32. The third-order valence-electron chi connectivity index (χ3n) is 4.82. The van der Waals surface area contributed by atoms with Gasteiger partial charge in [0.15, 0.2) is 0 Å². The first-order chi connectivity index (χ1) is 10.4. The Bertz CT molecular complexity index is 443. The van der Waals surface area contributed by atoms with E-state index in [0.717, 1.165) is 44.5 Å². The van der Waals surface area contributed by atoms with Gasteiger partial charge in [-0.3, -0.25) is 0 Å². The fraction of sp³-hybridized carbons (Fsp3) is 0.667. The normalized spacial score (nSPS) is 24.1. The van der Waals surface area contributed by atoms with Crippen LogP contribution in [0.3, 0.4) is 0 Å². The van der Waals surface area contributed by atoms with Gasteiger partial charge in [-0.2, -0.15) is 0 Å². The Balaban J connectivity index is 1.71. The molecule has 0 aromatic heterocycles. The highest BCUT2D eigenvalue weighted by atomic mass is 16.5. The average Bonchev–Trinajstić information content (AvgIpc) is 2.56. The fourth-order valence-corrected chi connectivity index (χ4v) is 3.69. The number of para-hydroxylation sites is 1. The molecule has 3 heteroatoms. The summed E-state index contributed by atoms with van der Waals surface area (Å²) in [4.78, 5) is 0.